The van der Waals surface area contributed by atoms with Crippen LogP contribution in [0.5, 0.6) is 5.75 Å². The van der Waals surface area contributed by atoms with Crippen LogP contribution in [0.3, 0.4) is 0 Å². The van der Waals surface area contributed by atoms with E-state index in [9.17, 15) is 14.0 Å². The van der Waals surface area contributed by atoms with Crippen molar-refractivity contribution < 1.29 is 18.7 Å². The Kier molecular flexibility index (Phi) is 7.61. The molecule has 0 saturated carbocycles. The van der Waals surface area contributed by atoms with Crippen molar-refractivity contribution in [1.82, 2.24) is 10.2 Å². The average molecular weight is 398 g/mol. The van der Waals surface area contributed by atoms with Crippen LogP contribution < -0.4 is 10.1 Å². The summed E-state index contributed by atoms with van der Waals surface area (Å²) in [4.78, 5) is 26.4. The van der Waals surface area contributed by atoms with Gasteiger partial charge in [-0.05, 0) is 37.0 Å². The molecule has 1 heterocycles. The number of nitrogens with zero attached hydrogens (tertiary/aromatic N) is 1. The van der Waals surface area contributed by atoms with Crippen molar-refractivity contribution in [3.05, 3.63) is 66.0 Å². The van der Waals surface area contributed by atoms with Crippen LogP contribution >= 0.6 is 0 Å². The number of carbonyl (C=O) groups is 2. The lowest BCUT2D eigenvalue weighted by Crippen LogP contribution is -2.46. The minimum atomic E-state index is -0.421. The van der Waals surface area contributed by atoms with Gasteiger partial charge in [0.05, 0.1) is 12.5 Å². The lowest BCUT2D eigenvalue weighted by atomic mass is 9.96. The molecule has 0 radical (unpaired) electrons. The molecule has 0 bridgehead atoms. The molecule has 1 N–H and O–H groups in total. The summed E-state index contributed by atoms with van der Waals surface area (Å²) in [5.41, 5.74) is 1.25. The zero-order chi connectivity index (χ0) is 20.5. The highest BCUT2D eigenvalue weighted by Crippen LogP contribution is 2.19. The number of hydrogen-bond acceptors (Lipinski definition) is 3. The number of piperidine rings is 1. The highest BCUT2D eigenvalue weighted by atomic mass is 19.1. The van der Waals surface area contributed by atoms with E-state index < -0.39 is 5.82 Å². The number of hydrogen-bond donors (Lipinski definition) is 1. The number of rotatable bonds is 9. The van der Waals surface area contributed by atoms with Gasteiger partial charge in [-0.2, -0.15) is 0 Å². The third kappa shape index (κ3) is 6.31. The Balaban J connectivity index is 1.38. The molecule has 2 amide bonds. The van der Waals surface area contributed by atoms with E-state index in [0.29, 0.717) is 32.5 Å². The smallest absolute Gasteiger partial charge is 0.225 e. The van der Waals surface area contributed by atoms with E-state index in [4.69, 9.17) is 4.74 Å². The largest absolute Gasteiger partial charge is 0.489 e. The normalized spacial score (nSPS) is 16.5. The predicted octanol–water partition coefficient (Wildman–Crippen LogP) is 3.19. The Morgan fingerprint density at radius 3 is 2.69 bits per heavy atom. The van der Waals surface area contributed by atoms with Gasteiger partial charge < -0.3 is 15.0 Å². The van der Waals surface area contributed by atoms with E-state index in [1.54, 1.807) is 23.1 Å². The van der Waals surface area contributed by atoms with Crippen LogP contribution in [-0.2, 0) is 16.0 Å². The van der Waals surface area contributed by atoms with Gasteiger partial charge in [-0.15, -0.1) is 0 Å². The Hall–Kier alpha value is -2.89. The second-order valence-corrected chi connectivity index (χ2v) is 7.23. The van der Waals surface area contributed by atoms with Crippen molar-refractivity contribution in [2.24, 2.45) is 5.92 Å². The third-order valence-electron chi connectivity index (χ3n) is 5.10. The lowest BCUT2D eigenvalue weighted by Gasteiger charge is -2.32. The van der Waals surface area contributed by atoms with Crippen molar-refractivity contribution in [3.63, 3.8) is 0 Å². The van der Waals surface area contributed by atoms with Crippen molar-refractivity contribution >= 4 is 11.8 Å². The van der Waals surface area contributed by atoms with Gasteiger partial charge in [-0.3, -0.25) is 9.59 Å². The summed E-state index contributed by atoms with van der Waals surface area (Å²) in [6, 6.07) is 16.4. The van der Waals surface area contributed by atoms with Gasteiger partial charge in [0.15, 0.2) is 11.6 Å². The van der Waals surface area contributed by atoms with Gasteiger partial charge in [0.1, 0.15) is 6.61 Å². The molecule has 0 aliphatic carbocycles. The second kappa shape index (κ2) is 10.6. The number of para-hydroxylation sites is 1. The SMILES string of the molecule is O=C(NCCOc1ccccc1F)[C@@H]1CCC(=O)N(CCCc2ccccc2)C1. The molecule has 2 aromatic carbocycles. The summed E-state index contributed by atoms with van der Waals surface area (Å²) in [5.74, 6) is -0.420. The van der Waals surface area contributed by atoms with Crippen molar-refractivity contribution in [2.45, 2.75) is 25.7 Å². The molecule has 1 aliphatic heterocycles. The number of amides is 2. The van der Waals surface area contributed by atoms with Crippen molar-refractivity contribution in [1.29, 1.82) is 0 Å². The molecule has 29 heavy (non-hydrogen) atoms. The van der Waals surface area contributed by atoms with Crippen molar-refractivity contribution in [3.8, 4) is 5.75 Å². The van der Waals surface area contributed by atoms with Gasteiger partial charge in [0, 0.05) is 19.5 Å². The Labute approximate surface area is 170 Å². The highest BCUT2D eigenvalue weighted by Gasteiger charge is 2.29. The van der Waals surface area contributed by atoms with E-state index in [1.165, 1.54) is 11.6 Å². The maximum absolute atomic E-state index is 13.5. The fraction of sp³-hybridized carbons (Fsp3) is 0.391. The summed E-state index contributed by atoms with van der Waals surface area (Å²) in [6.07, 6.45) is 2.75. The Morgan fingerprint density at radius 1 is 1.14 bits per heavy atom. The number of likely N-dealkylation sites (tertiary alicyclic amines) is 1. The van der Waals surface area contributed by atoms with E-state index >= 15 is 0 Å². The highest BCUT2D eigenvalue weighted by molar-refractivity contribution is 5.83. The number of aryl methyl sites for hydroxylation is 1. The summed E-state index contributed by atoms with van der Waals surface area (Å²) < 4.78 is 18.9. The maximum atomic E-state index is 13.5. The molecule has 1 atom stereocenters. The predicted molar refractivity (Wildman–Crippen MR) is 109 cm³/mol. The van der Waals surface area contributed by atoms with Crippen LogP contribution in [0.1, 0.15) is 24.8 Å². The molecule has 154 valence electrons. The van der Waals surface area contributed by atoms with E-state index in [2.05, 4.69) is 17.4 Å². The van der Waals surface area contributed by atoms with Gasteiger partial charge in [-0.1, -0.05) is 42.5 Å². The fourth-order valence-corrected chi connectivity index (χ4v) is 3.51. The molecule has 3 rings (SSSR count). The summed E-state index contributed by atoms with van der Waals surface area (Å²) in [6.45, 7) is 1.60. The monoisotopic (exact) mass is 398 g/mol. The Bertz CT molecular complexity index is 813. The minimum absolute atomic E-state index is 0.0808. The molecule has 1 fully saturated rings. The maximum Gasteiger partial charge on any atom is 0.225 e. The van der Waals surface area contributed by atoms with Crippen LogP contribution in [0, 0.1) is 11.7 Å². The molecule has 1 aliphatic rings. The van der Waals surface area contributed by atoms with Gasteiger partial charge in [0.2, 0.25) is 11.8 Å². The van der Waals surface area contributed by atoms with Gasteiger partial charge in [0.25, 0.3) is 0 Å². The summed E-state index contributed by atoms with van der Waals surface area (Å²) in [5, 5.41) is 2.84. The fourth-order valence-electron chi connectivity index (χ4n) is 3.51. The first-order valence-electron chi connectivity index (χ1n) is 10.1. The van der Waals surface area contributed by atoms with Crippen LogP contribution in [0.2, 0.25) is 0 Å². The molecule has 0 aromatic heterocycles. The second-order valence-electron chi connectivity index (χ2n) is 7.23. The van der Waals surface area contributed by atoms with Crippen LogP contribution in [0.15, 0.2) is 54.6 Å². The summed E-state index contributed by atoms with van der Waals surface area (Å²) >= 11 is 0. The van der Waals surface area contributed by atoms with Crippen LogP contribution in [0.4, 0.5) is 4.39 Å². The number of carbonyl (C=O) groups excluding carboxylic acids is 2. The zero-order valence-electron chi connectivity index (χ0n) is 16.5. The number of nitrogens with one attached hydrogen (secondary N) is 1. The van der Waals surface area contributed by atoms with E-state index in [-0.39, 0.29) is 30.1 Å². The zero-order valence-corrected chi connectivity index (χ0v) is 16.5. The van der Waals surface area contributed by atoms with Crippen LogP contribution in [0.25, 0.3) is 0 Å². The molecule has 0 unspecified atom stereocenters. The number of halogens is 1. The molecular formula is C23H27FN2O3. The molecular weight excluding hydrogens is 371 g/mol. The molecule has 6 heteroatoms. The van der Waals surface area contributed by atoms with Crippen LogP contribution in [-0.4, -0.2) is 43.0 Å². The Morgan fingerprint density at radius 2 is 1.90 bits per heavy atom. The first-order chi connectivity index (χ1) is 14.1. The van der Waals surface area contributed by atoms with E-state index in [0.717, 1.165) is 12.8 Å². The quantitative estimate of drug-likeness (QED) is 0.660. The van der Waals surface area contributed by atoms with Gasteiger partial charge >= 0.3 is 0 Å². The van der Waals surface area contributed by atoms with Gasteiger partial charge in [-0.25, -0.2) is 4.39 Å². The standard InChI is InChI=1S/C23H27FN2O3/c24-20-10-4-5-11-21(20)29-16-14-25-23(28)19-12-13-22(27)26(17-19)15-6-9-18-7-2-1-3-8-18/h1-5,7-8,10-11,19H,6,9,12-17H2,(H,25,28)/t19-/m1/s1. The molecule has 2 aromatic rings. The van der Waals surface area contributed by atoms with Crippen molar-refractivity contribution in [2.75, 3.05) is 26.2 Å². The molecule has 1 saturated heterocycles. The number of benzene rings is 2. The molecule has 5 nitrogen and oxygen atoms in total. The average Bonchev–Trinajstić information content (AvgIpc) is 2.74. The first kappa shape index (κ1) is 20.8. The number of ether oxygens (including phenoxy) is 1. The summed E-state index contributed by atoms with van der Waals surface area (Å²) in [7, 11) is 0. The first-order valence-corrected chi connectivity index (χ1v) is 10.1. The minimum Gasteiger partial charge on any atom is -0.489 e. The lowest BCUT2D eigenvalue weighted by molar-refractivity contribution is -0.138. The third-order valence-corrected chi connectivity index (χ3v) is 5.10. The topological polar surface area (TPSA) is 58.6 Å². The van der Waals surface area contributed by atoms with E-state index in [1.807, 2.05) is 18.2 Å². The molecule has 0 spiro atoms.